The van der Waals surface area contributed by atoms with Crippen LogP contribution >= 0.6 is 12.2 Å². The number of aromatic nitrogens is 2. The van der Waals surface area contributed by atoms with Crippen molar-refractivity contribution in [1.82, 2.24) is 9.97 Å². The highest BCUT2D eigenvalue weighted by Gasteiger charge is 2.17. The fraction of sp³-hybridized carbons (Fsp3) is 0.643. The molecule has 0 saturated carbocycles. The molecule has 1 heterocycles. The van der Waals surface area contributed by atoms with Crippen LogP contribution in [0.4, 0.5) is 5.95 Å². The third-order valence-corrected chi connectivity index (χ3v) is 3.52. The molecule has 0 aliphatic carbocycles. The Kier molecular flexibility index (Phi) is 5.66. The molecule has 0 aliphatic heterocycles. The molecule has 0 aromatic carbocycles. The lowest BCUT2D eigenvalue weighted by atomic mass is 9.85. The molecule has 0 amide bonds. The summed E-state index contributed by atoms with van der Waals surface area (Å²) >= 11 is 4.96. The van der Waals surface area contributed by atoms with Crippen LogP contribution in [0.15, 0.2) is 6.07 Å². The molecule has 0 fully saturated rings. The van der Waals surface area contributed by atoms with Crippen molar-refractivity contribution in [3.05, 3.63) is 17.5 Å². The van der Waals surface area contributed by atoms with Gasteiger partial charge in [0, 0.05) is 12.2 Å². The second-order valence-electron chi connectivity index (χ2n) is 5.62. The average molecular weight is 280 g/mol. The molecule has 4 nitrogen and oxygen atoms in total. The van der Waals surface area contributed by atoms with Gasteiger partial charge in [-0.05, 0) is 30.7 Å². The number of rotatable bonds is 6. The number of anilines is 1. The van der Waals surface area contributed by atoms with E-state index in [1.807, 2.05) is 6.92 Å². The number of nitrogens with two attached hydrogens (primary N) is 1. The van der Waals surface area contributed by atoms with Gasteiger partial charge in [-0.3, -0.25) is 0 Å². The highest BCUT2D eigenvalue weighted by molar-refractivity contribution is 7.80. The standard InChI is InChI=1S/C14H24N4S/c1-8(2)11(9(3)4)7-16-14-17-10(5)6-12(18-14)13(15)19/h6,8-9,11H,7H2,1-5H3,(H2,15,19)(H,16,17,18). The predicted molar refractivity (Wildman–Crippen MR) is 84.3 cm³/mol. The second kappa shape index (κ2) is 6.80. The molecular weight excluding hydrogens is 256 g/mol. The molecular formula is C14H24N4S. The summed E-state index contributed by atoms with van der Waals surface area (Å²) in [5, 5.41) is 3.31. The van der Waals surface area contributed by atoms with E-state index in [0.29, 0.717) is 34.4 Å². The normalized spacial score (nSPS) is 11.4. The molecule has 5 heteroatoms. The predicted octanol–water partition coefficient (Wildman–Crippen LogP) is 2.76. The highest BCUT2D eigenvalue weighted by Crippen LogP contribution is 2.20. The summed E-state index contributed by atoms with van der Waals surface area (Å²) in [6, 6.07) is 1.80. The molecule has 0 unspecified atom stereocenters. The maximum Gasteiger partial charge on any atom is 0.223 e. The summed E-state index contributed by atoms with van der Waals surface area (Å²) in [6.45, 7) is 11.7. The molecule has 0 aliphatic rings. The lowest BCUT2D eigenvalue weighted by Gasteiger charge is -2.25. The zero-order valence-corrected chi connectivity index (χ0v) is 13.2. The SMILES string of the molecule is Cc1cc(C(N)=S)nc(NCC(C(C)C)C(C)C)n1. The Morgan fingerprint density at radius 2 is 1.84 bits per heavy atom. The third kappa shape index (κ3) is 4.74. The van der Waals surface area contributed by atoms with Gasteiger partial charge in [0.1, 0.15) is 10.7 Å². The van der Waals surface area contributed by atoms with Crippen molar-refractivity contribution in [2.45, 2.75) is 34.6 Å². The van der Waals surface area contributed by atoms with Crippen LogP contribution in [0.1, 0.15) is 39.1 Å². The Morgan fingerprint density at radius 1 is 1.26 bits per heavy atom. The van der Waals surface area contributed by atoms with Crippen molar-refractivity contribution in [3.8, 4) is 0 Å². The second-order valence-corrected chi connectivity index (χ2v) is 6.06. The molecule has 0 spiro atoms. The molecule has 1 aromatic heterocycles. The summed E-state index contributed by atoms with van der Waals surface area (Å²) in [5.74, 6) is 2.42. The van der Waals surface area contributed by atoms with Crippen LogP contribution in [-0.2, 0) is 0 Å². The fourth-order valence-corrected chi connectivity index (χ4v) is 2.33. The van der Waals surface area contributed by atoms with E-state index in [0.717, 1.165) is 12.2 Å². The van der Waals surface area contributed by atoms with Crippen LogP contribution in [0.3, 0.4) is 0 Å². The molecule has 0 radical (unpaired) electrons. The van der Waals surface area contributed by atoms with Gasteiger partial charge in [-0.1, -0.05) is 39.9 Å². The van der Waals surface area contributed by atoms with E-state index in [-0.39, 0.29) is 0 Å². The van der Waals surface area contributed by atoms with Gasteiger partial charge in [-0.25, -0.2) is 9.97 Å². The van der Waals surface area contributed by atoms with Gasteiger partial charge in [0.25, 0.3) is 0 Å². The fourth-order valence-electron chi connectivity index (χ4n) is 2.22. The number of nitrogens with zero attached hydrogens (tertiary/aromatic N) is 2. The van der Waals surface area contributed by atoms with E-state index in [1.165, 1.54) is 0 Å². The minimum absolute atomic E-state index is 0.304. The van der Waals surface area contributed by atoms with Crippen molar-refractivity contribution in [3.63, 3.8) is 0 Å². The van der Waals surface area contributed by atoms with Crippen molar-refractivity contribution in [2.75, 3.05) is 11.9 Å². The van der Waals surface area contributed by atoms with E-state index in [2.05, 4.69) is 43.0 Å². The summed E-state index contributed by atoms with van der Waals surface area (Å²) < 4.78 is 0. The van der Waals surface area contributed by atoms with E-state index in [1.54, 1.807) is 6.07 Å². The lowest BCUT2D eigenvalue weighted by molar-refractivity contribution is 0.304. The first-order valence-electron chi connectivity index (χ1n) is 6.70. The minimum Gasteiger partial charge on any atom is -0.388 e. The average Bonchev–Trinajstić information content (AvgIpc) is 2.27. The number of hydrogen-bond acceptors (Lipinski definition) is 4. The highest BCUT2D eigenvalue weighted by atomic mass is 32.1. The van der Waals surface area contributed by atoms with Crippen LogP contribution in [0.2, 0.25) is 0 Å². The first-order chi connectivity index (χ1) is 8.81. The Balaban J connectivity index is 2.79. The molecule has 1 rings (SSSR count). The Labute approximate surface area is 121 Å². The molecule has 0 atom stereocenters. The van der Waals surface area contributed by atoms with Gasteiger partial charge in [-0.15, -0.1) is 0 Å². The van der Waals surface area contributed by atoms with Gasteiger partial charge in [-0.2, -0.15) is 0 Å². The number of aryl methyl sites for hydroxylation is 1. The van der Waals surface area contributed by atoms with Crippen molar-refractivity contribution < 1.29 is 0 Å². The first kappa shape index (κ1) is 15.8. The van der Waals surface area contributed by atoms with Crippen LogP contribution < -0.4 is 11.1 Å². The molecule has 1 aromatic rings. The van der Waals surface area contributed by atoms with Crippen molar-refractivity contribution in [2.24, 2.45) is 23.5 Å². The summed E-state index contributed by atoms with van der Waals surface area (Å²) in [6.07, 6.45) is 0. The quantitative estimate of drug-likeness (QED) is 0.785. The van der Waals surface area contributed by atoms with E-state index in [4.69, 9.17) is 18.0 Å². The van der Waals surface area contributed by atoms with Crippen LogP contribution in [0.5, 0.6) is 0 Å². The van der Waals surface area contributed by atoms with Crippen LogP contribution in [0, 0.1) is 24.7 Å². The van der Waals surface area contributed by atoms with E-state index < -0.39 is 0 Å². The topological polar surface area (TPSA) is 63.8 Å². The summed E-state index contributed by atoms with van der Waals surface area (Å²) in [5.41, 5.74) is 7.10. The summed E-state index contributed by atoms with van der Waals surface area (Å²) in [7, 11) is 0. The Hall–Kier alpha value is -1.23. The zero-order valence-electron chi connectivity index (χ0n) is 12.4. The molecule has 0 saturated heterocycles. The Bertz CT molecular complexity index is 435. The van der Waals surface area contributed by atoms with Crippen LogP contribution in [0.25, 0.3) is 0 Å². The minimum atomic E-state index is 0.304. The smallest absolute Gasteiger partial charge is 0.223 e. The maximum atomic E-state index is 5.62. The molecule has 19 heavy (non-hydrogen) atoms. The summed E-state index contributed by atoms with van der Waals surface area (Å²) in [4.78, 5) is 9.01. The largest absolute Gasteiger partial charge is 0.388 e. The first-order valence-corrected chi connectivity index (χ1v) is 7.11. The number of nitrogens with one attached hydrogen (secondary N) is 1. The van der Waals surface area contributed by atoms with E-state index in [9.17, 15) is 0 Å². The Morgan fingerprint density at radius 3 is 2.32 bits per heavy atom. The molecule has 0 bridgehead atoms. The van der Waals surface area contributed by atoms with Crippen LogP contribution in [-0.4, -0.2) is 21.5 Å². The lowest BCUT2D eigenvalue weighted by Crippen LogP contribution is -2.25. The van der Waals surface area contributed by atoms with Gasteiger partial charge in [0.15, 0.2) is 0 Å². The van der Waals surface area contributed by atoms with Crippen molar-refractivity contribution in [1.29, 1.82) is 0 Å². The van der Waals surface area contributed by atoms with Gasteiger partial charge >= 0.3 is 0 Å². The van der Waals surface area contributed by atoms with Crippen molar-refractivity contribution >= 4 is 23.2 Å². The van der Waals surface area contributed by atoms with Gasteiger partial charge in [0.2, 0.25) is 5.95 Å². The zero-order chi connectivity index (χ0) is 14.6. The van der Waals surface area contributed by atoms with Gasteiger partial charge in [0.05, 0.1) is 0 Å². The number of thiocarbonyl (C=S) groups is 1. The monoisotopic (exact) mass is 280 g/mol. The maximum absolute atomic E-state index is 5.62. The molecule has 106 valence electrons. The third-order valence-electron chi connectivity index (χ3n) is 3.32. The molecule has 3 N–H and O–H groups in total. The van der Waals surface area contributed by atoms with E-state index >= 15 is 0 Å². The number of hydrogen-bond donors (Lipinski definition) is 2. The van der Waals surface area contributed by atoms with Gasteiger partial charge < -0.3 is 11.1 Å².